The molecule has 3 rings (SSSR count). The predicted molar refractivity (Wildman–Crippen MR) is 88.9 cm³/mol. The van der Waals surface area contributed by atoms with Crippen LogP contribution >= 0.6 is 22.7 Å². The number of ether oxygens (including phenoxy) is 3. The van der Waals surface area contributed by atoms with E-state index >= 15 is 0 Å². The van der Waals surface area contributed by atoms with E-state index in [1.807, 2.05) is 17.5 Å². The number of methoxy groups -OCH3 is 1. The fourth-order valence-electron chi connectivity index (χ4n) is 1.75. The highest BCUT2D eigenvalue weighted by Gasteiger charge is 2.16. The molecule has 1 aliphatic heterocycles. The summed E-state index contributed by atoms with van der Waals surface area (Å²) in [5.41, 5.74) is 0. The van der Waals surface area contributed by atoms with E-state index in [-0.39, 0.29) is 12.5 Å². The Balaban J connectivity index is 0.000000175. The zero-order valence-electron chi connectivity index (χ0n) is 12.7. The standard InChI is InChI=1S/C8H7NO3S.C7H7NO2S/c1-11-8(10)7-6(2-5-13-7)12-4-3-9;9-7-6-5(1-4-11-6)10-3-2-8-7/h2,5H,4H2,1H3;1,4H,2-3H2,(H,8,9). The maximum absolute atomic E-state index is 11.2. The van der Waals surface area contributed by atoms with Crippen molar-refractivity contribution >= 4 is 34.6 Å². The van der Waals surface area contributed by atoms with E-state index in [2.05, 4.69) is 10.1 Å². The van der Waals surface area contributed by atoms with Crippen molar-refractivity contribution in [3.8, 4) is 17.6 Å². The summed E-state index contributed by atoms with van der Waals surface area (Å²) in [5, 5.41) is 14.6. The molecule has 0 fully saturated rings. The molecule has 0 saturated carbocycles. The van der Waals surface area contributed by atoms with Crippen molar-refractivity contribution in [1.29, 1.82) is 5.26 Å². The number of hydrogen-bond donors (Lipinski definition) is 1. The third kappa shape index (κ3) is 4.47. The maximum atomic E-state index is 11.2. The van der Waals surface area contributed by atoms with E-state index in [0.717, 1.165) is 0 Å². The lowest BCUT2D eigenvalue weighted by molar-refractivity contribution is 0.0602. The second-order valence-electron chi connectivity index (χ2n) is 4.27. The van der Waals surface area contributed by atoms with Crippen LogP contribution in [0.15, 0.2) is 22.9 Å². The van der Waals surface area contributed by atoms with E-state index in [9.17, 15) is 9.59 Å². The largest absolute Gasteiger partial charge is 0.490 e. The Morgan fingerprint density at radius 1 is 1.42 bits per heavy atom. The van der Waals surface area contributed by atoms with Gasteiger partial charge in [-0.3, -0.25) is 4.79 Å². The molecule has 1 aliphatic rings. The van der Waals surface area contributed by atoms with Gasteiger partial charge in [0.05, 0.1) is 13.7 Å². The molecule has 0 saturated heterocycles. The molecule has 7 nitrogen and oxygen atoms in total. The number of thiophene rings is 2. The monoisotopic (exact) mass is 366 g/mol. The maximum Gasteiger partial charge on any atom is 0.351 e. The molecule has 2 aromatic rings. The average Bonchev–Trinajstić information content (AvgIpc) is 3.22. The Labute approximate surface area is 146 Å². The van der Waals surface area contributed by atoms with Crippen LogP contribution in [0.3, 0.4) is 0 Å². The molecular weight excluding hydrogens is 352 g/mol. The molecule has 3 heterocycles. The first-order valence-electron chi connectivity index (χ1n) is 6.81. The lowest BCUT2D eigenvalue weighted by Crippen LogP contribution is -2.23. The van der Waals surface area contributed by atoms with E-state index in [4.69, 9.17) is 14.7 Å². The number of amides is 1. The first kappa shape index (κ1) is 17.8. The number of nitrogens with zero attached hydrogens (tertiary/aromatic N) is 1. The van der Waals surface area contributed by atoms with Gasteiger partial charge in [-0.15, -0.1) is 22.7 Å². The molecule has 0 radical (unpaired) electrons. The summed E-state index contributed by atoms with van der Waals surface area (Å²) < 4.78 is 14.8. The summed E-state index contributed by atoms with van der Waals surface area (Å²) in [6.07, 6.45) is 0. The van der Waals surface area contributed by atoms with Crippen molar-refractivity contribution in [1.82, 2.24) is 5.32 Å². The molecule has 0 spiro atoms. The number of carbonyl (C=O) groups is 2. The van der Waals surface area contributed by atoms with E-state index in [1.54, 1.807) is 11.4 Å². The molecule has 24 heavy (non-hydrogen) atoms. The first-order valence-corrected chi connectivity index (χ1v) is 8.57. The van der Waals surface area contributed by atoms with E-state index in [1.165, 1.54) is 29.8 Å². The number of carbonyl (C=O) groups excluding carboxylic acids is 2. The van der Waals surface area contributed by atoms with Crippen molar-refractivity contribution in [3.05, 3.63) is 32.6 Å². The summed E-state index contributed by atoms with van der Waals surface area (Å²) in [4.78, 5) is 23.3. The molecule has 1 amide bonds. The van der Waals surface area contributed by atoms with Crippen LogP contribution in [0.25, 0.3) is 0 Å². The smallest absolute Gasteiger partial charge is 0.351 e. The highest BCUT2D eigenvalue weighted by Crippen LogP contribution is 2.26. The van der Waals surface area contributed by atoms with Gasteiger partial charge < -0.3 is 19.5 Å². The number of rotatable bonds is 3. The van der Waals surface area contributed by atoms with Gasteiger partial charge in [-0.2, -0.15) is 5.26 Å². The third-order valence-electron chi connectivity index (χ3n) is 2.77. The molecule has 9 heteroatoms. The number of fused-ring (bicyclic) bond motifs is 1. The summed E-state index contributed by atoms with van der Waals surface area (Å²) in [6, 6.07) is 5.28. The van der Waals surface area contributed by atoms with Gasteiger partial charge in [0.2, 0.25) is 0 Å². The number of nitriles is 1. The molecular formula is C15H14N2O5S2. The normalized spacial score (nSPS) is 12.2. The summed E-state index contributed by atoms with van der Waals surface area (Å²) in [5.74, 6) is 0.652. The average molecular weight is 366 g/mol. The van der Waals surface area contributed by atoms with Gasteiger partial charge in [0, 0.05) is 0 Å². The quantitative estimate of drug-likeness (QED) is 0.837. The minimum atomic E-state index is -0.442. The fourth-order valence-corrected chi connectivity index (χ4v) is 3.25. The molecule has 1 N–H and O–H groups in total. The van der Waals surface area contributed by atoms with Crippen LogP contribution in [0, 0.1) is 11.3 Å². The first-order chi connectivity index (χ1) is 11.7. The van der Waals surface area contributed by atoms with Crippen LogP contribution in [0.5, 0.6) is 11.5 Å². The van der Waals surface area contributed by atoms with E-state index < -0.39 is 5.97 Å². The molecule has 0 unspecified atom stereocenters. The number of esters is 1. The lowest BCUT2D eigenvalue weighted by Gasteiger charge is -2.00. The Bertz CT molecular complexity index is 747. The number of nitrogens with one attached hydrogen (secondary N) is 1. The Hall–Kier alpha value is -2.57. The van der Waals surface area contributed by atoms with E-state index in [0.29, 0.717) is 34.4 Å². The second-order valence-corrected chi connectivity index (χ2v) is 6.10. The van der Waals surface area contributed by atoms with Crippen molar-refractivity contribution in [3.63, 3.8) is 0 Å². The minimum Gasteiger partial charge on any atom is -0.490 e. The Morgan fingerprint density at radius 2 is 2.21 bits per heavy atom. The van der Waals surface area contributed by atoms with Gasteiger partial charge in [0.15, 0.2) is 11.5 Å². The highest BCUT2D eigenvalue weighted by molar-refractivity contribution is 7.12. The van der Waals surface area contributed by atoms with Crippen molar-refractivity contribution in [2.45, 2.75) is 0 Å². The minimum absolute atomic E-state index is 0.0208. The lowest BCUT2D eigenvalue weighted by atomic mass is 10.4. The topological polar surface area (TPSA) is 97.7 Å². The van der Waals surface area contributed by atoms with Crippen LogP contribution in [0.2, 0.25) is 0 Å². The fraction of sp³-hybridized carbons (Fsp3) is 0.267. The summed E-state index contributed by atoms with van der Waals surface area (Å²) in [6.45, 7) is 1.09. The highest BCUT2D eigenvalue weighted by atomic mass is 32.1. The summed E-state index contributed by atoms with van der Waals surface area (Å²) >= 11 is 2.63. The van der Waals surface area contributed by atoms with Crippen LogP contribution in [0.1, 0.15) is 19.3 Å². The van der Waals surface area contributed by atoms with Gasteiger partial charge >= 0.3 is 5.97 Å². The van der Waals surface area contributed by atoms with Gasteiger partial charge in [-0.1, -0.05) is 0 Å². The SMILES string of the molecule is COC(=O)c1sccc1OCC#N.O=C1NCCOc2ccsc21. The number of hydrogen-bond acceptors (Lipinski definition) is 8. The predicted octanol–water partition coefficient (Wildman–Crippen LogP) is 2.31. The Morgan fingerprint density at radius 3 is 2.96 bits per heavy atom. The van der Waals surface area contributed by atoms with Crippen LogP contribution in [-0.4, -0.2) is 38.7 Å². The van der Waals surface area contributed by atoms with Gasteiger partial charge in [0.1, 0.15) is 29.1 Å². The molecule has 0 atom stereocenters. The summed E-state index contributed by atoms with van der Waals surface area (Å²) in [7, 11) is 1.30. The zero-order chi connectivity index (χ0) is 17.4. The van der Waals surface area contributed by atoms with Crippen molar-refractivity contribution < 1.29 is 23.8 Å². The van der Waals surface area contributed by atoms with Crippen LogP contribution in [0.4, 0.5) is 0 Å². The van der Waals surface area contributed by atoms with Crippen molar-refractivity contribution in [2.75, 3.05) is 26.9 Å². The molecule has 0 bridgehead atoms. The third-order valence-corrected chi connectivity index (χ3v) is 4.54. The van der Waals surface area contributed by atoms with Crippen LogP contribution < -0.4 is 14.8 Å². The molecule has 126 valence electrons. The molecule has 2 aromatic heterocycles. The van der Waals surface area contributed by atoms with Gasteiger partial charge in [-0.05, 0) is 22.9 Å². The van der Waals surface area contributed by atoms with Crippen LogP contribution in [-0.2, 0) is 4.74 Å². The second kappa shape index (κ2) is 8.90. The Kier molecular flexibility index (Phi) is 6.60. The van der Waals surface area contributed by atoms with Crippen molar-refractivity contribution in [2.24, 2.45) is 0 Å². The molecule has 0 aliphatic carbocycles. The zero-order valence-corrected chi connectivity index (χ0v) is 14.4. The van der Waals surface area contributed by atoms with Gasteiger partial charge in [-0.25, -0.2) is 4.79 Å². The molecule has 0 aromatic carbocycles. The van der Waals surface area contributed by atoms with Gasteiger partial charge in [0.25, 0.3) is 5.91 Å².